The molecular formula is C11H11ClN2O3. The first-order valence-electron chi connectivity index (χ1n) is 5.31. The second-order valence-corrected chi connectivity index (χ2v) is 4.69. The molecule has 2 aliphatic rings. The third kappa shape index (κ3) is 1.50. The molecule has 0 radical (unpaired) electrons. The quantitative estimate of drug-likeness (QED) is 0.470. The number of esters is 1. The van der Waals surface area contributed by atoms with E-state index in [9.17, 15) is 9.90 Å². The second-order valence-electron chi connectivity index (χ2n) is 4.28. The highest BCUT2D eigenvalue weighted by molar-refractivity contribution is 6.32. The summed E-state index contributed by atoms with van der Waals surface area (Å²) in [5, 5.41) is 16.6. The Morgan fingerprint density at radius 3 is 3.00 bits per heavy atom. The zero-order valence-corrected chi connectivity index (χ0v) is 9.67. The molecule has 3 rings (SSSR count). The number of hydrogen-bond acceptors (Lipinski definition) is 5. The van der Waals surface area contributed by atoms with Gasteiger partial charge in [-0.1, -0.05) is 11.6 Å². The number of aromatic hydroxyl groups is 1. The van der Waals surface area contributed by atoms with Gasteiger partial charge in [0, 0.05) is 13.2 Å². The molecule has 1 aromatic carbocycles. The molecule has 5 nitrogen and oxygen atoms in total. The van der Waals surface area contributed by atoms with E-state index in [-0.39, 0.29) is 23.2 Å². The summed E-state index contributed by atoms with van der Waals surface area (Å²) in [5.74, 6) is 0.0441. The standard InChI is InChI=1S/C11H11ClN2O3/c12-6-1-2-7-9(10(6)16)11(3-8(15)17-7)4-13-5-14-11/h1-2,13-14,16H,3-5H2. The van der Waals surface area contributed by atoms with Crippen molar-refractivity contribution in [2.75, 3.05) is 13.2 Å². The lowest BCUT2D eigenvalue weighted by molar-refractivity contribution is -0.137. The van der Waals surface area contributed by atoms with Crippen molar-refractivity contribution in [3.63, 3.8) is 0 Å². The summed E-state index contributed by atoms with van der Waals surface area (Å²) < 4.78 is 5.13. The molecule has 17 heavy (non-hydrogen) atoms. The molecular weight excluding hydrogens is 244 g/mol. The van der Waals surface area contributed by atoms with Crippen LogP contribution in [0.2, 0.25) is 5.02 Å². The molecule has 2 aliphatic heterocycles. The molecule has 2 heterocycles. The van der Waals surface area contributed by atoms with Crippen LogP contribution in [0, 0.1) is 0 Å². The van der Waals surface area contributed by atoms with Crippen molar-refractivity contribution in [2.24, 2.45) is 0 Å². The van der Waals surface area contributed by atoms with Gasteiger partial charge < -0.3 is 15.2 Å². The smallest absolute Gasteiger partial charge is 0.313 e. The number of hydrogen-bond donors (Lipinski definition) is 3. The average molecular weight is 255 g/mol. The van der Waals surface area contributed by atoms with Crippen LogP contribution in [0.4, 0.5) is 0 Å². The number of phenolic OH excluding ortho intramolecular Hbond substituents is 1. The van der Waals surface area contributed by atoms with E-state index in [0.29, 0.717) is 24.5 Å². The first kappa shape index (κ1) is 10.8. The second kappa shape index (κ2) is 3.60. The van der Waals surface area contributed by atoms with Crippen LogP contribution >= 0.6 is 11.6 Å². The van der Waals surface area contributed by atoms with Gasteiger partial charge in [-0.25, -0.2) is 0 Å². The summed E-state index contributed by atoms with van der Waals surface area (Å²) in [6.07, 6.45) is 0.181. The van der Waals surface area contributed by atoms with Crippen LogP contribution in [0.3, 0.4) is 0 Å². The topological polar surface area (TPSA) is 70.6 Å². The van der Waals surface area contributed by atoms with Crippen LogP contribution in [-0.2, 0) is 10.3 Å². The maximum absolute atomic E-state index is 11.6. The predicted octanol–water partition coefficient (Wildman–Crippen LogP) is 0.700. The Morgan fingerprint density at radius 1 is 1.47 bits per heavy atom. The van der Waals surface area contributed by atoms with E-state index < -0.39 is 5.54 Å². The normalized spacial score (nSPS) is 27.0. The lowest BCUT2D eigenvalue weighted by Gasteiger charge is -2.34. The zero-order valence-electron chi connectivity index (χ0n) is 8.92. The number of benzene rings is 1. The summed E-state index contributed by atoms with van der Waals surface area (Å²) >= 11 is 5.90. The van der Waals surface area contributed by atoms with Crippen LogP contribution < -0.4 is 15.4 Å². The molecule has 1 atom stereocenters. The first-order chi connectivity index (χ1) is 8.12. The molecule has 90 valence electrons. The molecule has 1 spiro atoms. The molecule has 0 amide bonds. The van der Waals surface area contributed by atoms with Crippen molar-refractivity contribution in [1.82, 2.24) is 10.6 Å². The molecule has 1 unspecified atom stereocenters. The van der Waals surface area contributed by atoms with Crippen molar-refractivity contribution in [1.29, 1.82) is 0 Å². The fraction of sp³-hybridized carbons (Fsp3) is 0.364. The summed E-state index contributed by atoms with van der Waals surface area (Å²) in [4.78, 5) is 11.6. The minimum Gasteiger partial charge on any atom is -0.506 e. The molecule has 0 aromatic heterocycles. The van der Waals surface area contributed by atoms with Crippen molar-refractivity contribution in [3.8, 4) is 11.5 Å². The number of nitrogens with one attached hydrogen (secondary N) is 2. The third-order valence-electron chi connectivity index (χ3n) is 3.22. The Balaban J connectivity index is 2.23. The summed E-state index contributed by atoms with van der Waals surface area (Å²) in [6, 6.07) is 3.13. The molecule has 1 fully saturated rings. The van der Waals surface area contributed by atoms with Crippen LogP contribution in [0.15, 0.2) is 12.1 Å². The van der Waals surface area contributed by atoms with Crippen LogP contribution in [0.5, 0.6) is 11.5 Å². The Kier molecular flexibility index (Phi) is 2.29. The monoisotopic (exact) mass is 254 g/mol. The van der Waals surface area contributed by atoms with Crippen molar-refractivity contribution >= 4 is 17.6 Å². The van der Waals surface area contributed by atoms with E-state index >= 15 is 0 Å². The maximum atomic E-state index is 11.6. The fourth-order valence-electron chi connectivity index (χ4n) is 2.46. The van der Waals surface area contributed by atoms with Crippen molar-refractivity contribution < 1.29 is 14.6 Å². The molecule has 1 aromatic rings. The number of carbonyl (C=O) groups excluding carboxylic acids is 1. The Morgan fingerprint density at radius 2 is 2.29 bits per heavy atom. The highest BCUT2D eigenvalue weighted by Gasteiger charge is 2.46. The van der Waals surface area contributed by atoms with Gasteiger partial charge in [-0.15, -0.1) is 0 Å². The maximum Gasteiger partial charge on any atom is 0.313 e. The van der Waals surface area contributed by atoms with Gasteiger partial charge in [0.05, 0.1) is 22.5 Å². The van der Waals surface area contributed by atoms with Gasteiger partial charge in [0.2, 0.25) is 0 Å². The zero-order chi connectivity index (χ0) is 12.0. The minimum atomic E-state index is -0.611. The Labute approximate surface area is 103 Å². The Hall–Kier alpha value is -1.30. The number of fused-ring (bicyclic) bond motifs is 2. The van der Waals surface area contributed by atoms with E-state index in [0.717, 1.165) is 0 Å². The SMILES string of the molecule is O=C1CC2(CNCN2)c2c(ccc(Cl)c2O)O1. The lowest BCUT2D eigenvalue weighted by Crippen LogP contribution is -2.45. The summed E-state index contributed by atoms with van der Waals surface area (Å²) in [7, 11) is 0. The predicted molar refractivity (Wildman–Crippen MR) is 61.1 cm³/mol. The third-order valence-corrected chi connectivity index (χ3v) is 3.52. The largest absolute Gasteiger partial charge is 0.506 e. The van der Waals surface area contributed by atoms with Gasteiger partial charge in [-0.05, 0) is 12.1 Å². The molecule has 3 N–H and O–H groups in total. The fourth-order valence-corrected chi connectivity index (χ4v) is 2.62. The highest BCUT2D eigenvalue weighted by atomic mass is 35.5. The van der Waals surface area contributed by atoms with E-state index in [2.05, 4.69) is 10.6 Å². The van der Waals surface area contributed by atoms with E-state index in [1.807, 2.05) is 0 Å². The van der Waals surface area contributed by atoms with Gasteiger partial charge in [-0.3, -0.25) is 10.1 Å². The lowest BCUT2D eigenvalue weighted by atomic mass is 9.84. The number of halogens is 1. The molecule has 0 saturated carbocycles. The molecule has 0 bridgehead atoms. The Bertz CT molecular complexity index is 498. The number of carbonyl (C=O) groups is 1. The van der Waals surface area contributed by atoms with Crippen LogP contribution in [0.25, 0.3) is 0 Å². The minimum absolute atomic E-state index is 0.0205. The van der Waals surface area contributed by atoms with Crippen LogP contribution in [0.1, 0.15) is 12.0 Å². The summed E-state index contributed by atoms with van der Waals surface area (Å²) in [5.41, 5.74) is -0.0470. The van der Waals surface area contributed by atoms with Crippen LogP contribution in [-0.4, -0.2) is 24.3 Å². The van der Waals surface area contributed by atoms with Gasteiger partial charge in [0.1, 0.15) is 11.5 Å². The first-order valence-corrected chi connectivity index (χ1v) is 5.68. The van der Waals surface area contributed by atoms with Gasteiger partial charge in [0.25, 0.3) is 0 Å². The van der Waals surface area contributed by atoms with Crippen molar-refractivity contribution in [3.05, 3.63) is 22.7 Å². The van der Waals surface area contributed by atoms with Gasteiger partial charge in [0.15, 0.2) is 0 Å². The number of ether oxygens (including phenoxy) is 1. The number of rotatable bonds is 0. The van der Waals surface area contributed by atoms with Gasteiger partial charge in [-0.2, -0.15) is 0 Å². The summed E-state index contributed by atoms with van der Waals surface area (Å²) in [6.45, 7) is 1.14. The van der Waals surface area contributed by atoms with E-state index in [4.69, 9.17) is 16.3 Å². The van der Waals surface area contributed by atoms with E-state index in [1.54, 1.807) is 6.07 Å². The molecule has 1 saturated heterocycles. The number of phenols is 1. The molecule has 0 aliphatic carbocycles. The van der Waals surface area contributed by atoms with Crippen molar-refractivity contribution in [2.45, 2.75) is 12.0 Å². The van der Waals surface area contributed by atoms with Gasteiger partial charge >= 0.3 is 5.97 Å². The average Bonchev–Trinajstić information content (AvgIpc) is 2.72. The van der Waals surface area contributed by atoms with E-state index in [1.165, 1.54) is 6.07 Å². The molecule has 6 heteroatoms. The highest BCUT2D eigenvalue weighted by Crippen LogP contribution is 2.46.